The largest absolute Gasteiger partial charge is 0.392 e. The van der Waals surface area contributed by atoms with Gasteiger partial charge in [0.1, 0.15) is 36.6 Å². The third kappa shape index (κ3) is 5.38. The van der Waals surface area contributed by atoms with Crippen LogP contribution in [0.3, 0.4) is 0 Å². The molecule has 8 rings (SSSR count). The normalized spacial score (nSPS) is 57.8. The van der Waals surface area contributed by atoms with Gasteiger partial charge < -0.3 is 59.1 Å². The Kier molecular flexibility index (Phi) is 9.22. The molecule has 12 nitrogen and oxygen atoms in total. The molecule has 0 bridgehead atoms. The van der Waals surface area contributed by atoms with Crippen LogP contribution in [0.5, 0.6) is 0 Å². The summed E-state index contributed by atoms with van der Waals surface area (Å²) in [5.74, 6) is 1.57. The zero-order chi connectivity index (χ0) is 35.5. The van der Waals surface area contributed by atoms with Crippen LogP contribution >= 0.6 is 0 Å². The van der Waals surface area contributed by atoms with E-state index < -0.39 is 78.7 Å². The van der Waals surface area contributed by atoms with Crippen molar-refractivity contribution in [3.05, 3.63) is 23.8 Å². The number of fused-ring (bicyclic) bond motifs is 7. The summed E-state index contributed by atoms with van der Waals surface area (Å²) < 4.78 is 37.1. The van der Waals surface area contributed by atoms with E-state index >= 15 is 0 Å². The van der Waals surface area contributed by atoms with Crippen LogP contribution < -0.4 is 0 Å². The van der Waals surface area contributed by atoms with Crippen LogP contribution in [-0.2, 0) is 28.4 Å². The number of rotatable bonds is 4. The highest BCUT2D eigenvalue weighted by Gasteiger charge is 2.69. The van der Waals surface area contributed by atoms with Crippen molar-refractivity contribution < 1.29 is 59.1 Å². The highest BCUT2D eigenvalue weighted by Crippen LogP contribution is 2.70. The minimum Gasteiger partial charge on any atom is -0.392 e. The second kappa shape index (κ2) is 12.8. The van der Waals surface area contributed by atoms with E-state index in [1.165, 1.54) is 12.5 Å². The third-order valence-corrected chi connectivity index (χ3v) is 15.0. The zero-order valence-corrected chi connectivity index (χ0v) is 29.8. The van der Waals surface area contributed by atoms with Gasteiger partial charge in [-0.2, -0.15) is 0 Å². The van der Waals surface area contributed by atoms with Crippen molar-refractivity contribution >= 4 is 0 Å². The molecule has 12 heteroatoms. The zero-order valence-electron chi connectivity index (χ0n) is 29.8. The van der Waals surface area contributed by atoms with Crippen molar-refractivity contribution in [1.29, 1.82) is 0 Å². The summed E-state index contributed by atoms with van der Waals surface area (Å²) in [4.78, 5) is 0. The van der Waals surface area contributed by atoms with Gasteiger partial charge in [0.15, 0.2) is 18.4 Å². The van der Waals surface area contributed by atoms with E-state index in [0.29, 0.717) is 49.0 Å². The van der Waals surface area contributed by atoms with E-state index in [9.17, 15) is 30.6 Å². The summed E-state index contributed by atoms with van der Waals surface area (Å²) in [6.45, 7) is 13.1. The maximum absolute atomic E-state index is 12.0. The molecule has 8 aliphatic rings. The van der Waals surface area contributed by atoms with Gasteiger partial charge in [0.2, 0.25) is 0 Å². The lowest BCUT2D eigenvalue weighted by atomic mass is 9.46. The summed E-state index contributed by atoms with van der Waals surface area (Å²) in [7, 11) is 0. The fraction of sp³-hybridized carbons (Fsp3) is 0.895. The molecule has 1 spiro atoms. The van der Waals surface area contributed by atoms with Crippen molar-refractivity contribution in [3.63, 3.8) is 0 Å². The van der Waals surface area contributed by atoms with Crippen LogP contribution in [0.25, 0.3) is 0 Å². The molecule has 4 saturated heterocycles. The van der Waals surface area contributed by atoms with Crippen LogP contribution in [0.2, 0.25) is 0 Å². The predicted octanol–water partition coefficient (Wildman–Crippen LogP) is 1.92. The molecule has 50 heavy (non-hydrogen) atoms. The van der Waals surface area contributed by atoms with Crippen LogP contribution in [0.4, 0.5) is 0 Å². The monoisotopic (exact) mass is 706 g/mol. The first-order valence-corrected chi connectivity index (χ1v) is 19.0. The molecule has 20 atom stereocenters. The van der Waals surface area contributed by atoms with Crippen molar-refractivity contribution in [2.75, 3.05) is 13.2 Å². The molecule has 0 amide bonds. The van der Waals surface area contributed by atoms with Gasteiger partial charge in [-0.05, 0) is 74.5 Å². The summed E-state index contributed by atoms with van der Waals surface area (Å²) >= 11 is 0. The van der Waals surface area contributed by atoms with Gasteiger partial charge in [0.05, 0.1) is 37.6 Å². The Morgan fingerprint density at radius 3 is 2.42 bits per heavy atom. The summed E-state index contributed by atoms with van der Waals surface area (Å²) in [5, 5.41) is 64.3. The molecule has 2 unspecified atom stereocenters. The number of aliphatic hydroxyl groups is 6. The summed E-state index contributed by atoms with van der Waals surface area (Å²) in [5.41, 5.74) is 2.09. The van der Waals surface area contributed by atoms with E-state index in [-0.39, 0.29) is 18.1 Å². The van der Waals surface area contributed by atoms with E-state index in [0.717, 1.165) is 44.1 Å². The number of hydrogen-bond acceptors (Lipinski definition) is 12. The molecule has 282 valence electrons. The molecular weight excluding hydrogens is 648 g/mol. The Bertz CT molecular complexity index is 1330. The predicted molar refractivity (Wildman–Crippen MR) is 177 cm³/mol. The van der Waals surface area contributed by atoms with E-state index in [1.54, 1.807) is 0 Å². The van der Waals surface area contributed by atoms with Crippen molar-refractivity contribution in [2.24, 2.45) is 40.4 Å². The lowest BCUT2D eigenvalue weighted by Crippen LogP contribution is -2.62. The molecule has 4 aliphatic carbocycles. The number of allylic oxidation sites excluding steroid dienone is 1. The first-order chi connectivity index (χ1) is 23.7. The van der Waals surface area contributed by atoms with Gasteiger partial charge in [0.25, 0.3) is 0 Å². The first-order valence-electron chi connectivity index (χ1n) is 19.0. The maximum Gasteiger partial charge on any atom is 0.187 e. The molecular formula is C38H58O12. The molecule has 0 aromatic rings. The fourth-order valence-corrected chi connectivity index (χ4v) is 12.1. The summed E-state index contributed by atoms with van der Waals surface area (Å²) in [6, 6.07) is 0. The number of aliphatic hydroxyl groups excluding tert-OH is 6. The average Bonchev–Trinajstić information content (AvgIpc) is 3.53. The Morgan fingerprint density at radius 2 is 1.68 bits per heavy atom. The summed E-state index contributed by atoms with van der Waals surface area (Å²) in [6.07, 6.45) is -3.43. The van der Waals surface area contributed by atoms with Crippen LogP contribution in [0.15, 0.2) is 23.8 Å². The van der Waals surface area contributed by atoms with Gasteiger partial charge in [0, 0.05) is 24.2 Å². The Labute approximate surface area is 294 Å². The molecule has 4 heterocycles. The Hall–Kier alpha value is -1.00. The highest BCUT2D eigenvalue weighted by atomic mass is 16.8. The lowest BCUT2D eigenvalue weighted by Gasteiger charge is -2.60. The highest BCUT2D eigenvalue weighted by molar-refractivity contribution is 5.28. The second-order valence-electron chi connectivity index (χ2n) is 17.5. The maximum atomic E-state index is 12.0. The van der Waals surface area contributed by atoms with Crippen LogP contribution in [0.1, 0.15) is 79.1 Å². The van der Waals surface area contributed by atoms with E-state index in [2.05, 4.69) is 33.4 Å². The molecule has 0 aromatic heterocycles. The topological polar surface area (TPSA) is 177 Å². The van der Waals surface area contributed by atoms with Crippen molar-refractivity contribution in [1.82, 2.24) is 0 Å². The quantitative estimate of drug-likeness (QED) is 0.235. The van der Waals surface area contributed by atoms with E-state index in [4.69, 9.17) is 28.4 Å². The molecule has 6 N–H and O–H groups in total. The Morgan fingerprint density at radius 1 is 0.900 bits per heavy atom. The van der Waals surface area contributed by atoms with Crippen LogP contribution in [0, 0.1) is 40.4 Å². The van der Waals surface area contributed by atoms with Gasteiger partial charge in [-0.25, -0.2) is 0 Å². The standard InChI is InChI=1S/C38H58O12/c1-17-8-11-38(46-15-17)18(2)28-26(50-38)14-24-22-7-6-20-12-21(13-27(40)37(20,5)23(22)9-10-36(24,28)4)48-35-33(30(42)25(39)16-45-35)49-34-32(44)31(43)29(41)19(3)47-34/h6,18-19,21-35,39-44H,1,7-16H2,2-5H3/t18-,19-,21-,22+,23?,24?,25-,26-,27+,28-,29-,30-,31+,32+,33+,34-,35-,36-,37-,38+/m0/s1. The second-order valence-corrected chi connectivity index (χ2v) is 17.5. The lowest BCUT2D eigenvalue weighted by molar-refractivity contribution is -0.358. The van der Waals surface area contributed by atoms with Gasteiger partial charge >= 0.3 is 0 Å². The van der Waals surface area contributed by atoms with Gasteiger partial charge in [-0.3, -0.25) is 0 Å². The molecule has 0 aromatic carbocycles. The molecule has 3 saturated carbocycles. The first kappa shape index (κ1) is 36.0. The third-order valence-electron chi connectivity index (χ3n) is 15.0. The molecule has 7 fully saturated rings. The van der Waals surface area contributed by atoms with Crippen molar-refractivity contribution in [3.8, 4) is 0 Å². The van der Waals surface area contributed by atoms with Gasteiger partial charge in [-0.1, -0.05) is 44.6 Å². The Balaban J connectivity index is 0.970. The number of ether oxygens (including phenoxy) is 6. The molecule has 4 aliphatic heterocycles. The smallest absolute Gasteiger partial charge is 0.187 e. The van der Waals surface area contributed by atoms with E-state index in [1.807, 2.05) is 0 Å². The number of hydrogen-bond donors (Lipinski definition) is 6. The molecule has 0 radical (unpaired) electrons. The fourth-order valence-electron chi connectivity index (χ4n) is 12.1. The minimum absolute atomic E-state index is 0.153. The minimum atomic E-state index is -1.60. The van der Waals surface area contributed by atoms with Crippen LogP contribution in [-0.4, -0.2) is 123 Å². The van der Waals surface area contributed by atoms with Gasteiger partial charge in [-0.15, -0.1) is 0 Å². The van der Waals surface area contributed by atoms with Crippen molar-refractivity contribution in [2.45, 2.75) is 158 Å². The average molecular weight is 707 g/mol. The SMILES string of the molecule is C=C1CC[C@@]2(OC1)O[C@H]1CC3[C@@H]4CC=C5C[C@H](O[C@@H]6OC[C@H](O)[C@H](O)[C@H]6O[C@@H]6O[C@@H](C)[C@H](O)[C@@H](O)[C@H]6O)C[C@@H](O)[C@]5(C)C4CC[C@]3(C)[C@H]1[C@@H]2C.